The van der Waals surface area contributed by atoms with Gasteiger partial charge in [0.25, 0.3) is 0 Å². The van der Waals surface area contributed by atoms with E-state index >= 15 is 0 Å². The highest BCUT2D eigenvalue weighted by Crippen LogP contribution is 2.40. The largest absolute Gasteiger partial charge is 0.481 e. The van der Waals surface area contributed by atoms with Crippen LogP contribution in [0.1, 0.15) is 48.3 Å². The molecule has 25 heavy (non-hydrogen) atoms. The number of carbonyl (C=O) groups excluding carboxylic acids is 1. The molecular formula is C19H20ClFN2O2. The predicted molar refractivity (Wildman–Crippen MR) is 94.4 cm³/mol. The molecular weight excluding hydrogens is 343 g/mol. The van der Waals surface area contributed by atoms with E-state index in [1.807, 2.05) is 12.3 Å². The molecule has 1 atom stereocenters. The Kier molecular flexibility index (Phi) is 5.23. The lowest BCUT2D eigenvalue weighted by atomic mass is 10.00. The number of carbonyl (C=O) groups is 1. The SMILES string of the molecule is COc1ncc(C2CC2)cc1CNC(=O)C(C)c1ccc(Cl)c(F)c1. The number of hydrogen-bond acceptors (Lipinski definition) is 3. The number of nitrogens with zero attached hydrogens (tertiary/aromatic N) is 1. The number of halogens is 2. The molecule has 1 heterocycles. The highest BCUT2D eigenvalue weighted by molar-refractivity contribution is 6.30. The van der Waals surface area contributed by atoms with Gasteiger partial charge in [0, 0.05) is 18.3 Å². The van der Waals surface area contributed by atoms with Gasteiger partial charge in [0.2, 0.25) is 11.8 Å². The smallest absolute Gasteiger partial charge is 0.227 e. The topological polar surface area (TPSA) is 51.2 Å². The van der Waals surface area contributed by atoms with Crippen LogP contribution in [0.4, 0.5) is 4.39 Å². The van der Waals surface area contributed by atoms with Crippen LogP contribution < -0.4 is 10.1 Å². The highest BCUT2D eigenvalue weighted by atomic mass is 35.5. The standard InChI is InChI=1S/C19H20ClFN2O2/c1-11(13-5-6-16(20)17(21)8-13)18(24)22-10-15-7-14(12-3-4-12)9-23-19(15)25-2/h5-9,11-12H,3-4,10H2,1-2H3,(H,22,24). The summed E-state index contributed by atoms with van der Waals surface area (Å²) >= 11 is 5.69. The fraction of sp³-hybridized carbons (Fsp3) is 0.368. The van der Waals surface area contributed by atoms with Gasteiger partial charge in [0.15, 0.2) is 0 Å². The predicted octanol–water partition coefficient (Wildman–Crippen LogP) is 4.18. The molecule has 0 spiro atoms. The normalized spacial score (nSPS) is 14.9. The first kappa shape index (κ1) is 17.7. The second kappa shape index (κ2) is 7.40. The Labute approximate surface area is 151 Å². The fourth-order valence-corrected chi connectivity index (χ4v) is 2.85. The van der Waals surface area contributed by atoms with Crippen molar-refractivity contribution in [2.75, 3.05) is 7.11 Å². The van der Waals surface area contributed by atoms with Gasteiger partial charge in [-0.25, -0.2) is 9.37 Å². The Morgan fingerprint density at radius 2 is 2.20 bits per heavy atom. The van der Waals surface area contributed by atoms with E-state index in [2.05, 4.69) is 10.3 Å². The van der Waals surface area contributed by atoms with Crippen LogP contribution >= 0.6 is 11.6 Å². The van der Waals surface area contributed by atoms with Crippen molar-refractivity contribution in [3.05, 3.63) is 58.0 Å². The Morgan fingerprint density at radius 3 is 2.84 bits per heavy atom. The third kappa shape index (κ3) is 4.10. The molecule has 2 aromatic rings. The monoisotopic (exact) mass is 362 g/mol. The van der Waals surface area contributed by atoms with Crippen molar-refractivity contribution in [3.63, 3.8) is 0 Å². The molecule has 1 amide bonds. The minimum Gasteiger partial charge on any atom is -0.481 e. The molecule has 4 nitrogen and oxygen atoms in total. The van der Waals surface area contributed by atoms with Gasteiger partial charge in [-0.05, 0) is 55.0 Å². The van der Waals surface area contributed by atoms with Crippen LogP contribution in [0.25, 0.3) is 0 Å². The van der Waals surface area contributed by atoms with Crippen molar-refractivity contribution in [2.45, 2.75) is 38.1 Å². The summed E-state index contributed by atoms with van der Waals surface area (Å²) in [6.45, 7) is 2.05. The van der Waals surface area contributed by atoms with Gasteiger partial charge in [-0.3, -0.25) is 4.79 Å². The van der Waals surface area contributed by atoms with E-state index in [0.29, 0.717) is 23.9 Å². The van der Waals surface area contributed by atoms with Crippen LogP contribution in [0.15, 0.2) is 30.5 Å². The maximum absolute atomic E-state index is 13.6. The minimum atomic E-state index is -0.526. The van der Waals surface area contributed by atoms with Gasteiger partial charge >= 0.3 is 0 Å². The summed E-state index contributed by atoms with van der Waals surface area (Å²) in [6, 6.07) is 6.45. The quantitative estimate of drug-likeness (QED) is 0.838. The van der Waals surface area contributed by atoms with Crippen LogP contribution in [-0.4, -0.2) is 18.0 Å². The number of pyridine rings is 1. The van der Waals surface area contributed by atoms with Crippen LogP contribution in [0.5, 0.6) is 5.88 Å². The number of ether oxygens (including phenoxy) is 1. The summed E-state index contributed by atoms with van der Waals surface area (Å²) in [7, 11) is 1.56. The van der Waals surface area contributed by atoms with Gasteiger partial charge in [0.1, 0.15) is 5.82 Å². The number of methoxy groups -OCH3 is 1. The molecule has 132 valence electrons. The van der Waals surface area contributed by atoms with Gasteiger partial charge in [-0.1, -0.05) is 17.7 Å². The van der Waals surface area contributed by atoms with E-state index in [1.54, 1.807) is 20.1 Å². The lowest BCUT2D eigenvalue weighted by molar-refractivity contribution is -0.122. The summed E-state index contributed by atoms with van der Waals surface area (Å²) in [5.74, 6) is -0.126. The number of rotatable bonds is 6. The maximum atomic E-state index is 13.6. The molecule has 3 rings (SSSR count). The van der Waals surface area contributed by atoms with E-state index in [1.165, 1.54) is 30.5 Å². The molecule has 1 unspecified atom stereocenters. The zero-order chi connectivity index (χ0) is 18.0. The van der Waals surface area contributed by atoms with Crippen molar-refractivity contribution >= 4 is 17.5 Å². The molecule has 1 aromatic carbocycles. The Balaban J connectivity index is 1.68. The van der Waals surface area contributed by atoms with Crippen LogP contribution in [-0.2, 0) is 11.3 Å². The Hall–Kier alpha value is -2.14. The van der Waals surface area contributed by atoms with Gasteiger partial charge in [0.05, 0.1) is 18.1 Å². The van der Waals surface area contributed by atoms with Gasteiger partial charge in [-0.2, -0.15) is 0 Å². The first-order valence-corrected chi connectivity index (χ1v) is 8.63. The molecule has 0 radical (unpaired) electrons. The molecule has 6 heteroatoms. The van der Waals surface area contributed by atoms with E-state index in [-0.39, 0.29) is 10.9 Å². The van der Waals surface area contributed by atoms with Gasteiger partial charge in [-0.15, -0.1) is 0 Å². The summed E-state index contributed by atoms with van der Waals surface area (Å²) in [5, 5.41) is 2.92. The molecule has 1 aliphatic carbocycles. The molecule has 1 aromatic heterocycles. The fourth-order valence-electron chi connectivity index (χ4n) is 2.74. The first-order valence-electron chi connectivity index (χ1n) is 8.25. The molecule has 0 bridgehead atoms. The third-order valence-electron chi connectivity index (χ3n) is 4.48. The number of benzene rings is 1. The van der Waals surface area contributed by atoms with Crippen molar-refractivity contribution in [1.29, 1.82) is 0 Å². The zero-order valence-corrected chi connectivity index (χ0v) is 14.9. The summed E-state index contributed by atoms with van der Waals surface area (Å²) < 4.78 is 18.9. The molecule has 0 aliphatic heterocycles. The van der Waals surface area contributed by atoms with Crippen molar-refractivity contribution < 1.29 is 13.9 Å². The Bertz CT molecular complexity index is 793. The van der Waals surface area contributed by atoms with Crippen molar-refractivity contribution in [3.8, 4) is 5.88 Å². The second-order valence-electron chi connectivity index (χ2n) is 6.32. The average Bonchev–Trinajstić information content (AvgIpc) is 3.46. The highest BCUT2D eigenvalue weighted by Gasteiger charge is 2.25. The summed E-state index contributed by atoms with van der Waals surface area (Å²) in [6.07, 6.45) is 4.19. The molecule has 1 aliphatic rings. The molecule has 0 saturated heterocycles. The Morgan fingerprint density at radius 1 is 1.44 bits per heavy atom. The molecule has 1 fully saturated rings. The zero-order valence-electron chi connectivity index (χ0n) is 14.2. The number of amides is 1. The summed E-state index contributed by atoms with van der Waals surface area (Å²) in [5.41, 5.74) is 2.60. The van der Waals surface area contributed by atoms with Crippen LogP contribution in [0.2, 0.25) is 5.02 Å². The van der Waals surface area contributed by atoms with E-state index in [4.69, 9.17) is 16.3 Å². The van der Waals surface area contributed by atoms with E-state index < -0.39 is 11.7 Å². The third-order valence-corrected chi connectivity index (χ3v) is 4.79. The summed E-state index contributed by atoms with van der Waals surface area (Å²) in [4.78, 5) is 16.7. The van der Waals surface area contributed by atoms with Crippen LogP contribution in [0, 0.1) is 5.82 Å². The lowest BCUT2D eigenvalue weighted by Crippen LogP contribution is -2.28. The average molecular weight is 363 g/mol. The first-order chi connectivity index (χ1) is 12.0. The molecule has 1 saturated carbocycles. The molecule has 1 N–H and O–H groups in total. The maximum Gasteiger partial charge on any atom is 0.227 e. The number of nitrogens with one attached hydrogen (secondary N) is 1. The van der Waals surface area contributed by atoms with E-state index in [0.717, 1.165) is 5.56 Å². The van der Waals surface area contributed by atoms with E-state index in [9.17, 15) is 9.18 Å². The van der Waals surface area contributed by atoms with Crippen molar-refractivity contribution in [2.24, 2.45) is 0 Å². The van der Waals surface area contributed by atoms with Crippen molar-refractivity contribution in [1.82, 2.24) is 10.3 Å². The van der Waals surface area contributed by atoms with Crippen LogP contribution in [0.3, 0.4) is 0 Å². The second-order valence-corrected chi connectivity index (χ2v) is 6.73. The lowest BCUT2D eigenvalue weighted by Gasteiger charge is -2.15. The van der Waals surface area contributed by atoms with Gasteiger partial charge < -0.3 is 10.1 Å². The number of hydrogen-bond donors (Lipinski definition) is 1. The minimum absolute atomic E-state index is 0.0454. The number of aromatic nitrogens is 1.